The lowest BCUT2D eigenvalue weighted by Crippen LogP contribution is -2.29. The van der Waals surface area contributed by atoms with E-state index < -0.39 is 0 Å². The van der Waals surface area contributed by atoms with Gasteiger partial charge in [0.25, 0.3) is 0 Å². The first kappa shape index (κ1) is 15.3. The summed E-state index contributed by atoms with van der Waals surface area (Å²) < 4.78 is 0. The highest BCUT2D eigenvalue weighted by Crippen LogP contribution is 2.69. The second-order valence-corrected chi connectivity index (χ2v) is 14.9. The van der Waals surface area contributed by atoms with Gasteiger partial charge in [0, 0.05) is 0 Å². The third-order valence-corrected chi connectivity index (χ3v) is 12.9. The van der Waals surface area contributed by atoms with Gasteiger partial charge in [0.2, 0.25) is 0 Å². The maximum absolute atomic E-state index is 2.51. The van der Waals surface area contributed by atoms with Gasteiger partial charge in [0.05, 0.1) is 0 Å². The lowest BCUT2D eigenvalue weighted by Gasteiger charge is -2.42. The summed E-state index contributed by atoms with van der Waals surface area (Å²) in [5.74, 6) is 0. The molecule has 2 aliphatic rings. The highest BCUT2D eigenvalue weighted by molar-refractivity contribution is 7.64. The van der Waals surface area contributed by atoms with Crippen LogP contribution in [0.3, 0.4) is 0 Å². The van der Waals surface area contributed by atoms with Crippen LogP contribution in [-0.4, -0.2) is 34.0 Å². The maximum atomic E-state index is 2.51. The van der Waals surface area contributed by atoms with Crippen LogP contribution in [0.2, 0.25) is 0 Å². The van der Waals surface area contributed by atoms with Gasteiger partial charge in [-0.1, -0.05) is 57.4 Å². The molecular weight excluding hydrogens is 254 g/mol. The van der Waals surface area contributed by atoms with Crippen molar-refractivity contribution < 1.29 is 0 Å². The molecule has 2 heterocycles. The third kappa shape index (κ3) is 3.12. The fourth-order valence-corrected chi connectivity index (χ4v) is 12.2. The molecule has 0 aromatic heterocycles. The van der Waals surface area contributed by atoms with Crippen LogP contribution in [0.25, 0.3) is 0 Å². The van der Waals surface area contributed by atoms with E-state index in [4.69, 9.17) is 0 Å². The normalized spacial score (nSPS) is 38.3. The lowest BCUT2D eigenvalue weighted by atomic mass is 10.1. The highest BCUT2D eigenvalue weighted by Gasteiger charge is 2.46. The van der Waals surface area contributed by atoms with E-state index in [1.165, 1.54) is 12.8 Å². The van der Waals surface area contributed by atoms with E-state index >= 15 is 0 Å². The van der Waals surface area contributed by atoms with Crippen molar-refractivity contribution in [2.24, 2.45) is 0 Å². The van der Waals surface area contributed by atoms with Crippen LogP contribution in [0.5, 0.6) is 0 Å². The molecule has 18 heavy (non-hydrogen) atoms. The smallest absolute Gasteiger partial charge is 0.0136 e. The van der Waals surface area contributed by atoms with Crippen LogP contribution in [0.4, 0.5) is 0 Å². The van der Waals surface area contributed by atoms with Crippen LogP contribution in [0.1, 0.15) is 67.2 Å². The Bertz CT molecular complexity index is 254. The van der Waals surface area contributed by atoms with E-state index in [1.807, 2.05) is 0 Å². The molecule has 0 nitrogen and oxygen atoms in total. The molecule has 0 N–H and O–H groups in total. The summed E-state index contributed by atoms with van der Waals surface area (Å²) in [7, 11) is 0.564. The fraction of sp³-hybridized carbons (Fsp3) is 1.00. The average molecular weight is 286 g/mol. The molecule has 2 aliphatic heterocycles. The second-order valence-electron chi connectivity index (χ2n) is 8.15. The topological polar surface area (TPSA) is 0 Å². The quantitative estimate of drug-likeness (QED) is 0.529. The first-order valence-corrected chi connectivity index (χ1v) is 10.9. The van der Waals surface area contributed by atoms with Crippen LogP contribution >= 0.6 is 15.8 Å². The molecule has 0 saturated carbocycles. The van der Waals surface area contributed by atoms with Gasteiger partial charge in [-0.2, -0.15) is 0 Å². The monoisotopic (exact) mass is 286 g/mol. The van der Waals surface area contributed by atoms with E-state index in [0.29, 0.717) is 10.3 Å². The van der Waals surface area contributed by atoms with E-state index in [9.17, 15) is 0 Å². The summed E-state index contributed by atoms with van der Waals surface area (Å²) >= 11 is 0. The Morgan fingerprint density at radius 1 is 0.667 bits per heavy atom. The minimum absolute atomic E-state index is 0.282. The van der Waals surface area contributed by atoms with E-state index in [1.54, 1.807) is 25.2 Å². The molecular formula is C16H32P2. The summed E-state index contributed by atoms with van der Waals surface area (Å²) in [5, 5.41) is 1.19. The molecule has 0 bridgehead atoms. The van der Waals surface area contributed by atoms with Gasteiger partial charge in [-0.25, -0.2) is 0 Å². The van der Waals surface area contributed by atoms with Gasteiger partial charge in [-0.3, -0.25) is 0 Å². The molecule has 2 saturated heterocycles. The lowest BCUT2D eigenvalue weighted by molar-refractivity contribution is 0.671. The molecule has 0 spiro atoms. The molecule has 0 amide bonds. The van der Waals surface area contributed by atoms with Gasteiger partial charge >= 0.3 is 0 Å². The van der Waals surface area contributed by atoms with Crippen molar-refractivity contribution in [2.75, 3.05) is 12.3 Å². The van der Waals surface area contributed by atoms with Crippen molar-refractivity contribution in [1.29, 1.82) is 0 Å². The van der Waals surface area contributed by atoms with E-state index in [2.05, 4.69) is 41.5 Å². The van der Waals surface area contributed by atoms with Crippen LogP contribution in [0, 0.1) is 0 Å². The van der Waals surface area contributed by atoms with E-state index in [-0.39, 0.29) is 15.8 Å². The zero-order chi connectivity index (χ0) is 13.6. The van der Waals surface area contributed by atoms with Gasteiger partial charge in [0.15, 0.2) is 0 Å². The van der Waals surface area contributed by atoms with Gasteiger partial charge < -0.3 is 0 Å². The Labute approximate surface area is 117 Å². The predicted octanol–water partition coefficient (Wildman–Crippen LogP) is 5.87. The van der Waals surface area contributed by atoms with Crippen molar-refractivity contribution in [3.63, 3.8) is 0 Å². The molecule has 0 radical (unpaired) electrons. The summed E-state index contributed by atoms with van der Waals surface area (Å²) in [5.41, 5.74) is 2.24. The average Bonchev–Trinajstić information content (AvgIpc) is 2.83. The van der Waals surface area contributed by atoms with E-state index in [0.717, 1.165) is 11.3 Å². The van der Waals surface area contributed by atoms with Crippen LogP contribution < -0.4 is 0 Å². The molecule has 2 rings (SSSR count). The molecule has 0 aromatic carbocycles. The highest BCUT2D eigenvalue weighted by atomic mass is 31.1. The van der Waals surface area contributed by atoms with Crippen LogP contribution in [-0.2, 0) is 0 Å². The molecule has 106 valence electrons. The first-order chi connectivity index (χ1) is 8.21. The van der Waals surface area contributed by atoms with Crippen molar-refractivity contribution in [3.8, 4) is 0 Å². The van der Waals surface area contributed by atoms with Crippen molar-refractivity contribution >= 4 is 15.8 Å². The zero-order valence-electron chi connectivity index (χ0n) is 13.3. The van der Waals surface area contributed by atoms with Gasteiger partial charge in [-0.15, -0.1) is 0 Å². The summed E-state index contributed by atoms with van der Waals surface area (Å²) in [4.78, 5) is 0. The zero-order valence-corrected chi connectivity index (χ0v) is 15.1. The SMILES string of the molecule is CC(C)(C)P1CCCC1[C@H]1CCCP1C(C)(C)C. The number of rotatable bonds is 1. The fourth-order valence-electron chi connectivity index (χ4n) is 4.05. The van der Waals surface area contributed by atoms with Gasteiger partial charge in [0.1, 0.15) is 0 Å². The minimum Gasteiger partial charge on any atom is -0.0974 e. The Morgan fingerprint density at radius 2 is 1.00 bits per heavy atom. The third-order valence-electron chi connectivity index (χ3n) is 4.77. The molecule has 2 fully saturated rings. The Balaban J connectivity index is 2.15. The second kappa shape index (κ2) is 5.33. The Kier molecular flexibility index (Phi) is 4.52. The summed E-state index contributed by atoms with van der Waals surface area (Å²) in [6.45, 7) is 15.0. The largest absolute Gasteiger partial charge is 0.0974 e. The standard InChI is InChI=1S/C16H32P2/c1-15(2,3)17-11-7-9-13(17)14-10-8-12-18(14)16(4,5)6/h13-14H,7-12H2,1-6H3/t13-,14?,17?,18?/m1/s1. The molecule has 3 unspecified atom stereocenters. The summed E-state index contributed by atoms with van der Waals surface area (Å²) in [6, 6.07) is 0. The minimum atomic E-state index is 0.282. The van der Waals surface area contributed by atoms with Crippen molar-refractivity contribution in [3.05, 3.63) is 0 Å². The van der Waals surface area contributed by atoms with Gasteiger partial charge in [-0.05, 0) is 59.6 Å². The number of hydrogen-bond donors (Lipinski definition) is 0. The maximum Gasteiger partial charge on any atom is -0.0136 e. The Hall–Kier alpha value is 0.860. The Morgan fingerprint density at radius 3 is 1.28 bits per heavy atom. The molecule has 0 aromatic rings. The van der Waals surface area contributed by atoms with Crippen molar-refractivity contribution in [2.45, 2.75) is 88.9 Å². The summed E-state index contributed by atoms with van der Waals surface area (Å²) in [6.07, 6.45) is 9.29. The van der Waals surface area contributed by atoms with Crippen molar-refractivity contribution in [1.82, 2.24) is 0 Å². The number of hydrogen-bond acceptors (Lipinski definition) is 0. The predicted molar refractivity (Wildman–Crippen MR) is 89.1 cm³/mol. The molecule has 2 heteroatoms. The molecule has 0 aliphatic carbocycles. The molecule has 4 atom stereocenters. The van der Waals surface area contributed by atoms with Crippen LogP contribution in [0.15, 0.2) is 0 Å². The first-order valence-electron chi connectivity index (χ1n) is 7.75.